The van der Waals surface area contributed by atoms with E-state index >= 15 is 0 Å². The molecule has 13 heavy (non-hydrogen) atoms. The van der Waals surface area contributed by atoms with Gasteiger partial charge in [0.05, 0.1) is 5.60 Å². The third-order valence-electron chi connectivity index (χ3n) is 2.21. The molecule has 0 amide bonds. The Morgan fingerprint density at radius 3 is 2.62 bits per heavy atom. The summed E-state index contributed by atoms with van der Waals surface area (Å²) >= 11 is 0. The van der Waals surface area contributed by atoms with Crippen molar-refractivity contribution in [3.05, 3.63) is 35.4 Å². The highest BCUT2D eigenvalue weighted by Gasteiger charge is 2.23. The van der Waals surface area contributed by atoms with Gasteiger partial charge in [-0.2, -0.15) is 0 Å². The van der Waals surface area contributed by atoms with Gasteiger partial charge in [0.2, 0.25) is 0 Å². The van der Waals surface area contributed by atoms with Gasteiger partial charge < -0.3 is 9.90 Å². The van der Waals surface area contributed by atoms with Crippen LogP contribution in [0.1, 0.15) is 24.5 Å². The van der Waals surface area contributed by atoms with Crippen LogP contribution in [-0.4, -0.2) is 11.4 Å². The largest absolute Gasteiger partial charge is 0.385 e. The van der Waals surface area contributed by atoms with Crippen molar-refractivity contribution >= 4 is 6.29 Å². The maximum atomic E-state index is 10.3. The minimum atomic E-state index is -1.03. The number of aliphatic hydroxyl groups is 1. The van der Waals surface area contributed by atoms with Gasteiger partial charge in [0.25, 0.3) is 0 Å². The molecule has 0 saturated carbocycles. The van der Waals surface area contributed by atoms with Crippen LogP contribution in [0.25, 0.3) is 0 Å². The molecule has 0 saturated heterocycles. The molecule has 0 radical (unpaired) electrons. The Morgan fingerprint density at radius 1 is 1.46 bits per heavy atom. The van der Waals surface area contributed by atoms with Crippen LogP contribution in [-0.2, 0) is 10.4 Å². The fourth-order valence-electron chi connectivity index (χ4n) is 1.45. The molecule has 0 unspecified atom stereocenters. The summed E-state index contributed by atoms with van der Waals surface area (Å²) in [4.78, 5) is 10.3. The predicted molar refractivity (Wildman–Crippen MR) is 51.4 cm³/mol. The molecule has 0 spiro atoms. The van der Waals surface area contributed by atoms with Crippen molar-refractivity contribution in [3.63, 3.8) is 0 Å². The lowest BCUT2D eigenvalue weighted by Crippen LogP contribution is -2.22. The average molecular weight is 178 g/mol. The van der Waals surface area contributed by atoms with Crippen molar-refractivity contribution in [2.75, 3.05) is 0 Å². The number of aldehydes is 1. The standard InChI is InChI=1S/C11H14O2/c1-9-5-3-4-6-10(9)11(2,13)7-8-12/h3-6,8,13H,7H2,1-2H3/t11-/m0/s1. The Hall–Kier alpha value is -1.15. The van der Waals surface area contributed by atoms with Crippen molar-refractivity contribution < 1.29 is 9.90 Å². The van der Waals surface area contributed by atoms with Gasteiger partial charge in [0.1, 0.15) is 6.29 Å². The van der Waals surface area contributed by atoms with E-state index in [0.717, 1.165) is 17.4 Å². The third-order valence-corrected chi connectivity index (χ3v) is 2.21. The highest BCUT2D eigenvalue weighted by atomic mass is 16.3. The second kappa shape index (κ2) is 3.71. The zero-order valence-electron chi connectivity index (χ0n) is 7.95. The zero-order valence-corrected chi connectivity index (χ0v) is 7.95. The third kappa shape index (κ3) is 2.16. The highest BCUT2D eigenvalue weighted by Crippen LogP contribution is 2.25. The van der Waals surface area contributed by atoms with E-state index in [1.54, 1.807) is 6.92 Å². The average Bonchev–Trinajstić information content (AvgIpc) is 2.04. The van der Waals surface area contributed by atoms with Crippen LogP contribution in [0.4, 0.5) is 0 Å². The van der Waals surface area contributed by atoms with E-state index in [-0.39, 0.29) is 6.42 Å². The molecule has 0 aromatic heterocycles. The molecular weight excluding hydrogens is 164 g/mol. The van der Waals surface area contributed by atoms with Crippen molar-refractivity contribution in [2.45, 2.75) is 25.9 Å². The van der Waals surface area contributed by atoms with Crippen molar-refractivity contribution in [2.24, 2.45) is 0 Å². The number of carbonyl (C=O) groups excluding carboxylic acids is 1. The predicted octanol–water partition coefficient (Wildman–Crippen LogP) is 1.79. The van der Waals surface area contributed by atoms with Crippen LogP contribution in [0.3, 0.4) is 0 Å². The van der Waals surface area contributed by atoms with Gasteiger partial charge in [-0.15, -0.1) is 0 Å². The van der Waals surface area contributed by atoms with Crippen LogP contribution in [0.15, 0.2) is 24.3 Å². The molecule has 1 aromatic carbocycles. The van der Waals surface area contributed by atoms with Crippen LogP contribution >= 0.6 is 0 Å². The molecule has 0 aliphatic carbocycles. The quantitative estimate of drug-likeness (QED) is 0.716. The van der Waals surface area contributed by atoms with Gasteiger partial charge in [-0.05, 0) is 25.0 Å². The van der Waals surface area contributed by atoms with Gasteiger partial charge in [-0.1, -0.05) is 24.3 Å². The molecule has 0 heterocycles. The number of rotatable bonds is 3. The summed E-state index contributed by atoms with van der Waals surface area (Å²) in [6, 6.07) is 7.55. The fraction of sp³-hybridized carbons (Fsp3) is 0.364. The first-order valence-electron chi connectivity index (χ1n) is 4.30. The number of benzene rings is 1. The molecular formula is C11H14O2. The van der Waals surface area contributed by atoms with Gasteiger partial charge in [-0.3, -0.25) is 0 Å². The number of aryl methyl sites for hydroxylation is 1. The fourth-order valence-corrected chi connectivity index (χ4v) is 1.45. The SMILES string of the molecule is Cc1ccccc1[C@@](C)(O)CC=O. The number of carbonyl (C=O) groups is 1. The summed E-state index contributed by atoms with van der Waals surface area (Å²) in [7, 11) is 0. The van der Waals surface area contributed by atoms with E-state index in [1.807, 2.05) is 31.2 Å². The summed E-state index contributed by atoms with van der Waals surface area (Å²) in [5.74, 6) is 0. The molecule has 1 N–H and O–H groups in total. The molecule has 0 aliphatic heterocycles. The molecule has 1 rings (SSSR count). The molecule has 0 aliphatic rings. The van der Waals surface area contributed by atoms with E-state index in [1.165, 1.54) is 0 Å². The minimum absolute atomic E-state index is 0.137. The normalized spacial score (nSPS) is 15.0. The monoisotopic (exact) mass is 178 g/mol. The maximum Gasteiger partial charge on any atom is 0.123 e. The molecule has 1 aromatic rings. The number of hydrogen-bond donors (Lipinski definition) is 1. The van der Waals surface area contributed by atoms with E-state index < -0.39 is 5.60 Å². The Bertz CT molecular complexity index is 303. The summed E-state index contributed by atoms with van der Waals surface area (Å²) in [6.45, 7) is 3.58. The van der Waals surface area contributed by atoms with E-state index in [2.05, 4.69) is 0 Å². The Kier molecular flexibility index (Phi) is 2.83. The second-order valence-corrected chi connectivity index (χ2v) is 3.46. The molecule has 1 atom stereocenters. The van der Waals surface area contributed by atoms with Crippen molar-refractivity contribution in [1.82, 2.24) is 0 Å². The topological polar surface area (TPSA) is 37.3 Å². The first kappa shape index (κ1) is 9.93. The Labute approximate surface area is 78.2 Å². The minimum Gasteiger partial charge on any atom is -0.385 e. The lowest BCUT2D eigenvalue weighted by molar-refractivity contribution is -0.112. The first-order chi connectivity index (χ1) is 6.08. The van der Waals surface area contributed by atoms with Crippen LogP contribution in [0, 0.1) is 6.92 Å². The van der Waals surface area contributed by atoms with Gasteiger partial charge in [0.15, 0.2) is 0 Å². The van der Waals surface area contributed by atoms with Crippen molar-refractivity contribution in [1.29, 1.82) is 0 Å². The molecule has 2 heteroatoms. The highest BCUT2D eigenvalue weighted by molar-refractivity contribution is 5.53. The van der Waals surface area contributed by atoms with E-state index in [4.69, 9.17) is 0 Å². The lowest BCUT2D eigenvalue weighted by Gasteiger charge is -2.22. The first-order valence-corrected chi connectivity index (χ1v) is 4.30. The molecule has 0 bridgehead atoms. The smallest absolute Gasteiger partial charge is 0.123 e. The van der Waals surface area contributed by atoms with Crippen LogP contribution in [0.2, 0.25) is 0 Å². The maximum absolute atomic E-state index is 10.3. The van der Waals surface area contributed by atoms with Gasteiger partial charge >= 0.3 is 0 Å². The molecule has 2 nitrogen and oxygen atoms in total. The lowest BCUT2D eigenvalue weighted by atomic mass is 9.90. The summed E-state index contributed by atoms with van der Waals surface area (Å²) < 4.78 is 0. The summed E-state index contributed by atoms with van der Waals surface area (Å²) in [6.07, 6.45) is 0.879. The van der Waals surface area contributed by atoms with Gasteiger partial charge in [-0.25, -0.2) is 0 Å². The van der Waals surface area contributed by atoms with Crippen molar-refractivity contribution in [3.8, 4) is 0 Å². The van der Waals surface area contributed by atoms with E-state index in [0.29, 0.717) is 0 Å². The van der Waals surface area contributed by atoms with Gasteiger partial charge in [0, 0.05) is 6.42 Å². The zero-order chi connectivity index (χ0) is 9.90. The van der Waals surface area contributed by atoms with Crippen LogP contribution in [0.5, 0.6) is 0 Å². The van der Waals surface area contributed by atoms with Crippen LogP contribution < -0.4 is 0 Å². The Balaban J connectivity index is 3.06. The number of hydrogen-bond acceptors (Lipinski definition) is 2. The summed E-state index contributed by atoms with van der Waals surface area (Å²) in [5.41, 5.74) is 0.795. The Morgan fingerprint density at radius 2 is 2.08 bits per heavy atom. The van der Waals surface area contributed by atoms with E-state index in [9.17, 15) is 9.90 Å². The molecule has 70 valence electrons. The summed E-state index contributed by atoms with van der Waals surface area (Å²) in [5, 5.41) is 9.94. The second-order valence-electron chi connectivity index (χ2n) is 3.46. The molecule has 0 fully saturated rings.